The molecule has 0 radical (unpaired) electrons. The first-order valence-electron chi connectivity index (χ1n) is 6.73. The van der Waals surface area contributed by atoms with Crippen LogP contribution in [0.25, 0.3) is 0 Å². The average Bonchev–Trinajstić information content (AvgIpc) is 2.32. The number of rotatable bonds is 8. The summed E-state index contributed by atoms with van der Waals surface area (Å²) in [4.78, 5) is -0.542. The molecule has 108 valence electrons. The monoisotopic (exact) mass is 308 g/mol. The van der Waals surface area contributed by atoms with E-state index in [-0.39, 0.29) is 29.6 Å². The van der Waals surface area contributed by atoms with Crippen molar-refractivity contribution in [3.8, 4) is 5.75 Å². The molecule has 20 heavy (non-hydrogen) atoms. The number of aryl methyl sites for hydroxylation is 1. The minimum Gasteiger partial charge on any atom is -0.744 e. The number of phenolic OH excluding ortho intramolecular Hbond substituents is 1. The van der Waals surface area contributed by atoms with Crippen LogP contribution in [0.5, 0.6) is 5.75 Å². The largest absolute Gasteiger partial charge is 1.00 e. The molecule has 6 heteroatoms. The molecule has 0 saturated carbocycles. The Hall–Kier alpha value is -0.0700. The first-order valence-corrected chi connectivity index (χ1v) is 8.13. The molecule has 0 fully saturated rings. The number of benzene rings is 1. The summed E-state index contributed by atoms with van der Waals surface area (Å²) in [6.45, 7) is 2.17. The third kappa shape index (κ3) is 7.09. The van der Waals surface area contributed by atoms with E-state index in [1.807, 2.05) is 0 Å². The summed E-state index contributed by atoms with van der Waals surface area (Å²) in [6, 6.07) is 4.15. The van der Waals surface area contributed by atoms with Gasteiger partial charge in [0.05, 0.1) is 4.90 Å². The Morgan fingerprint density at radius 2 is 1.70 bits per heavy atom. The number of unbranched alkanes of at least 4 members (excludes halogenated alkanes) is 5. The summed E-state index contributed by atoms with van der Waals surface area (Å²) in [6.07, 6.45) is 7.85. The Balaban J connectivity index is 0.00000361. The zero-order chi connectivity index (χ0) is 14.3. The van der Waals surface area contributed by atoms with Gasteiger partial charge in [-0.3, -0.25) is 0 Å². The van der Waals surface area contributed by atoms with E-state index in [0.717, 1.165) is 24.8 Å². The number of hydrogen-bond donors (Lipinski definition) is 1. The molecule has 0 amide bonds. The smallest absolute Gasteiger partial charge is 0.744 e. The first-order chi connectivity index (χ1) is 8.95. The van der Waals surface area contributed by atoms with Crippen LogP contribution in [0.3, 0.4) is 0 Å². The Morgan fingerprint density at radius 3 is 2.25 bits per heavy atom. The van der Waals surface area contributed by atoms with Crippen molar-refractivity contribution >= 4 is 10.1 Å². The van der Waals surface area contributed by atoms with Crippen LogP contribution in [0.2, 0.25) is 0 Å². The van der Waals surface area contributed by atoms with Gasteiger partial charge in [-0.1, -0.05) is 45.1 Å². The van der Waals surface area contributed by atoms with Crippen LogP contribution in [0.1, 0.15) is 51.0 Å². The van der Waals surface area contributed by atoms with E-state index in [9.17, 15) is 18.1 Å². The zero-order valence-electron chi connectivity index (χ0n) is 12.3. The molecule has 0 saturated heterocycles. The Kier molecular flexibility index (Phi) is 9.76. The number of aromatic hydroxyl groups is 1. The summed E-state index contributed by atoms with van der Waals surface area (Å²) in [5.74, 6) is -0.446. The Bertz CT molecular complexity index is 500. The quantitative estimate of drug-likeness (QED) is 0.423. The normalized spacial score (nSPS) is 11.1. The van der Waals surface area contributed by atoms with Crippen LogP contribution in [-0.4, -0.2) is 18.1 Å². The fraction of sp³-hybridized carbons (Fsp3) is 0.571. The van der Waals surface area contributed by atoms with Crippen LogP contribution in [-0.2, 0) is 16.5 Å². The standard InChI is InChI=1S/C14H22O4S.Na/c1-2-3-4-5-6-7-8-12-9-10-14(13(15)11-12)19(16,17)18;/h9-11,15H,2-8H2,1H3,(H,16,17,18);/q;+1/p-1. The van der Waals surface area contributed by atoms with Gasteiger partial charge in [0.15, 0.2) is 0 Å². The van der Waals surface area contributed by atoms with Gasteiger partial charge in [0.2, 0.25) is 0 Å². The molecule has 1 aromatic carbocycles. The summed E-state index contributed by atoms with van der Waals surface area (Å²) in [5.41, 5.74) is 0.861. The third-order valence-corrected chi connectivity index (χ3v) is 4.00. The van der Waals surface area contributed by atoms with Gasteiger partial charge in [0.25, 0.3) is 0 Å². The minimum absolute atomic E-state index is 0. The van der Waals surface area contributed by atoms with E-state index in [1.54, 1.807) is 6.07 Å². The van der Waals surface area contributed by atoms with Crippen LogP contribution in [0.4, 0.5) is 0 Å². The SMILES string of the molecule is CCCCCCCCc1ccc(S(=O)(=O)[O-])c(O)c1.[Na+]. The molecule has 0 bridgehead atoms. The Labute approximate surface area is 143 Å². The topological polar surface area (TPSA) is 77.4 Å². The van der Waals surface area contributed by atoms with Gasteiger partial charge in [0.1, 0.15) is 15.9 Å². The second-order valence-electron chi connectivity index (χ2n) is 4.77. The second-order valence-corrected chi connectivity index (χ2v) is 6.12. The van der Waals surface area contributed by atoms with E-state index in [4.69, 9.17) is 0 Å². The molecule has 0 spiro atoms. The molecule has 1 N–H and O–H groups in total. The second kappa shape index (κ2) is 9.79. The van der Waals surface area contributed by atoms with Crippen LogP contribution >= 0.6 is 0 Å². The van der Waals surface area contributed by atoms with Crippen molar-refractivity contribution in [3.05, 3.63) is 23.8 Å². The molecule has 1 aromatic rings. The maximum atomic E-state index is 10.8. The van der Waals surface area contributed by atoms with E-state index < -0.39 is 20.8 Å². The van der Waals surface area contributed by atoms with E-state index in [1.165, 1.54) is 37.8 Å². The fourth-order valence-electron chi connectivity index (χ4n) is 2.04. The predicted octanol–water partition coefficient (Wildman–Crippen LogP) is 0.203. The van der Waals surface area contributed by atoms with Gasteiger partial charge in [0, 0.05) is 0 Å². The molecule has 1 rings (SSSR count). The van der Waals surface area contributed by atoms with Crippen LogP contribution in [0.15, 0.2) is 23.1 Å². The maximum Gasteiger partial charge on any atom is 1.00 e. The van der Waals surface area contributed by atoms with Crippen molar-refractivity contribution in [1.82, 2.24) is 0 Å². The van der Waals surface area contributed by atoms with Gasteiger partial charge < -0.3 is 9.66 Å². The van der Waals surface area contributed by atoms with Crippen molar-refractivity contribution in [1.29, 1.82) is 0 Å². The van der Waals surface area contributed by atoms with Gasteiger partial charge in [-0.05, 0) is 30.5 Å². The van der Waals surface area contributed by atoms with Gasteiger partial charge in [-0.2, -0.15) is 0 Å². The molecular formula is C14H21NaO4S. The zero-order valence-corrected chi connectivity index (χ0v) is 15.1. The number of phenols is 1. The minimum atomic E-state index is -4.59. The van der Waals surface area contributed by atoms with E-state index >= 15 is 0 Å². The van der Waals surface area contributed by atoms with E-state index in [2.05, 4.69) is 6.92 Å². The van der Waals surface area contributed by atoms with Crippen molar-refractivity contribution < 1.29 is 47.6 Å². The molecule has 0 atom stereocenters. The maximum absolute atomic E-state index is 10.8. The van der Waals surface area contributed by atoms with Crippen LogP contribution in [0, 0.1) is 0 Å². The molecule has 0 aromatic heterocycles. The van der Waals surface area contributed by atoms with Gasteiger partial charge in [-0.15, -0.1) is 0 Å². The van der Waals surface area contributed by atoms with Crippen LogP contribution < -0.4 is 29.6 Å². The predicted molar refractivity (Wildman–Crippen MR) is 73.2 cm³/mol. The van der Waals surface area contributed by atoms with Gasteiger partial charge in [-0.25, -0.2) is 8.42 Å². The molecule has 0 aliphatic rings. The molecule has 4 nitrogen and oxygen atoms in total. The van der Waals surface area contributed by atoms with Crippen molar-refractivity contribution in [3.63, 3.8) is 0 Å². The summed E-state index contributed by atoms with van der Waals surface area (Å²) in [7, 11) is -4.59. The van der Waals surface area contributed by atoms with Crippen molar-refractivity contribution in [2.24, 2.45) is 0 Å². The third-order valence-electron chi connectivity index (χ3n) is 3.11. The summed E-state index contributed by atoms with van der Waals surface area (Å²) in [5, 5.41) is 9.52. The van der Waals surface area contributed by atoms with Crippen molar-refractivity contribution in [2.75, 3.05) is 0 Å². The number of hydrogen-bond acceptors (Lipinski definition) is 4. The molecule has 0 aliphatic carbocycles. The molecular weight excluding hydrogens is 287 g/mol. The summed E-state index contributed by atoms with van der Waals surface area (Å²) >= 11 is 0. The molecule has 0 aliphatic heterocycles. The van der Waals surface area contributed by atoms with E-state index in [0.29, 0.717) is 0 Å². The summed E-state index contributed by atoms with van der Waals surface area (Å²) < 4.78 is 32.4. The average molecular weight is 308 g/mol. The first kappa shape index (κ1) is 19.9. The molecule has 0 unspecified atom stereocenters. The molecule has 0 heterocycles. The van der Waals surface area contributed by atoms with Gasteiger partial charge >= 0.3 is 29.6 Å². The fourth-order valence-corrected chi connectivity index (χ4v) is 2.59. The van der Waals surface area contributed by atoms with Crippen molar-refractivity contribution in [2.45, 2.75) is 56.8 Å². The Morgan fingerprint density at radius 1 is 1.10 bits per heavy atom.